The van der Waals surface area contributed by atoms with Crippen molar-refractivity contribution in [3.63, 3.8) is 0 Å². The van der Waals surface area contributed by atoms with Crippen LogP contribution < -0.4 is 0 Å². The second kappa shape index (κ2) is 1.90. The maximum Gasteiger partial charge on any atom is 0.317 e. The molecule has 1 heterocycles. The van der Waals surface area contributed by atoms with Crippen molar-refractivity contribution in [2.45, 2.75) is 19.3 Å². The molecule has 1 aliphatic heterocycles. The first-order valence-corrected chi connectivity index (χ1v) is 4.53. The Morgan fingerprint density at radius 3 is 2.00 bits per heavy atom. The molecule has 64 valence electrons. The van der Waals surface area contributed by atoms with Gasteiger partial charge in [-0.2, -0.15) is 0 Å². The Morgan fingerprint density at radius 2 is 1.50 bits per heavy atom. The number of fused-ring (bicyclic) bond motifs is 5. The van der Waals surface area contributed by atoms with E-state index in [4.69, 9.17) is 0 Å². The van der Waals surface area contributed by atoms with Crippen LogP contribution in [0.25, 0.3) is 0 Å². The van der Waals surface area contributed by atoms with Gasteiger partial charge in [0.1, 0.15) is 0 Å². The maximum absolute atomic E-state index is 11.2. The fraction of sp³-hybridized carbons (Fsp3) is 0.778. The molecule has 2 aliphatic carbocycles. The Morgan fingerprint density at radius 1 is 1.00 bits per heavy atom. The third kappa shape index (κ3) is 0.586. The van der Waals surface area contributed by atoms with Gasteiger partial charge in [-0.1, -0.05) is 0 Å². The van der Waals surface area contributed by atoms with Crippen molar-refractivity contribution in [2.24, 2.45) is 23.7 Å². The van der Waals surface area contributed by atoms with Crippen molar-refractivity contribution in [3.8, 4) is 0 Å². The molecule has 2 saturated carbocycles. The van der Waals surface area contributed by atoms with E-state index < -0.39 is 0 Å². The predicted octanol–water partition coefficient (Wildman–Crippen LogP) is 0.732. The lowest BCUT2D eigenvalue weighted by Crippen LogP contribution is -2.24. The van der Waals surface area contributed by atoms with Crippen LogP contribution in [0, 0.1) is 23.7 Å². The molecule has 0 aromatic carbocycles. The summed E-state index contributed by atoms with van der Waals surface area (Å²) in [4.78, 5) is 22.4. The van der Waals surface area contributed by atoms with Crippen molar-refractivity contribution >= 4 is 11.9 Å². The molecule has 0 aromatic heterocycles. The molecular weight excluding hydrogens is 156 g/mol. The monoisotopic (exact) mass is 166 g/mol. The van der Waals surface area contributed by atoms with E-state index in [2.05, 4.69) is 4.74 Å². The summed E-state index contributed by atoms with van der Waals surface area (Å²) in [6.45, 7) is 0. The van der Waals surface area contributed by atoms with Crippen molar-refractivity contribution < 1.29 is 14.3 Å². The minimum Gasteiger partial charge on any atom is -0.393 e. The molecule has 0 radical (unpaired) electrons. The largest absolute Gasteiger partial charge is 0.393 e. The molecule has 3 heteroatoms. The Labute approximate surface area is 70.1 Å². The number of carbonyl (C=O) groups excluding carboxylic acids is 2. The summed E-state index contributed by atoms with van der Waals surface area (Å²) >= 11 is 0. The first-order chi connectivity index (χ1) is 5.77. The molecule has 2 bridgehead atoms. The summed E-state index contributed by atoms with van der Waals surface area (Å²) in [6, 6.07) is 0. The van der Waals surface area contributed by atoms with Gasteiger partial charge in [-0.15, -0.1) is 0 Å². The van der Waals surface area contributed by atoms with Crippen LogP contribution in [0.4, 0.5) is 0 Å². The number of hydrogen-bond acceptors (Lipinski definition) is 3. The van der Waals surface area contributed by atoms with Crippen LogP contribution >= 0.6 is 0 Å². The number of ether oxygens (including phenoxy) is 1. The Kier molecular flexibility index (Phi) is 1.05. The molecule has 4 atom stereocenters. The summed E-state index contributed by atoms with van der Waals surface area (Å²) in [7, 11) is 0. The summed E-state index contributed by atoms with van der Waals surface area (Å²) < 4.78 is 4.63. The fourth-order valence-corrected chi connectivity index (χ4v) is 3.20. The highest BCUT2D eigenvalue weighted by atomic mass is 16.6. The molecule has 0 N–H and O–H groups in total. The Balaban J connectivity index is 2.03. The van der Waals surface area contributed by atoms with Crippen LogP contribution in [-0.4, -0.2) is 11.9 Å². The summed E-state index contributed by atoms with van der Waals surface area (Å²) in [5, 5.41) is 0. The average Bonchev–Trinajstić information content (AvgIpc) is 2.64. The van der Waals surface area contributed by atoms with Crippen LogP contribution in [-0.2, 0) is 14.3 Å². The third-order valence-corrected chi connectivity index (χ3v) is 3.66. The van der Waals surface area contributed by atoms with E-state index in [1.165, 1.54) is 0 Å². The molecule has 0 amide bonds. The molecule has 0 spiro atoms. The van der Waals surface area contributed by atoms with Crippen molar-refractivity contribution in [1.82, 2.24) is 0 Å². The lowest BCUT2D eigenvalue weighted by molar-refractivity contribution is -0.154. The minimum atomic E-state index is -0.253. The number of hydrogen-bond donors (Lipinski definition) is 0. The Bertz CT molecular complexity index is 245. The quantitative estimate of drug-likeness (QED) is 0.393. The molecule has 3 fully saturated rings. The van der Waals surface area contributed by atoms with Gasteiger partial charge in [0.2, 0.25) is 0 Å². The van der Waals surface area contributed by atoms with Crippen molar-refractivity contribution in [1.29, 1.82) is 0 Å². The lowest BCUT2D eigenvalue weighted by Gasteiger charge is -2.17. The Hall–Kier alpha value is -0.860. The number of carbonyl (C=O) groups is 2. The van der Waals surface area contributed by atoms with Gasteiger partial charge in [0.25, 0.3) is 0 Å². The van der Waals surface area contributed by atoms with Crippen LogP contribution in [0.1, 0.15) is 19.3 Å². The van der Waals surface area contributed by atoms with Crippen LogP contribution in [0.5, 0.6) is 0 Å². The second-order valence-electron chi connectivity index (χ2n) is 4.12. The van der Waals surface area contributed by atoms with Crippen molar-refractivity contribution in [3.05, 3.63) is 0 Å². The van der Waals surface area contributed by atoms with E-state index in [1.54, 1.807) is 0 Å². The van der Waals surface area contributed by atoms with E-state index in [0.717, 1.165) is 19.3 Å². The van der Waals surface area contributed by atoms with Gasteiger partial charge in [0.05, 0.1) is 11.8 Å². The molecule has 3 aliphatic rings. The molecule has 12 heavy (non-hydrogen) atoms. The van der Waals surface area contributed by atoms with E-state index in [0.29, 0.717) is 11.8 Å². The molecule has 3 rings (SSSR count). The van der Waals surface area contributed by atoms with E-state index in [-0.39, 0.29) is 23.8 Å². The molecule has 0 unspecified atom stereocenters. The molecule has 0 aromatic rings. The van der Waals surface area contributed by atoms with Gasteiger partial charge in [0, 0.05) is 0 Å². The van der Waals surface area contributed by atoms with Crippen LogP contribution in [0.15, 0.2) is 0 Å². The zero-order valence-corrected chi connectivity index (χ0v) is 6.66. The van der Waals surface area contributed by atoms with Gasteiger partial charge < -0.3 is 4.74 Å². The van der Waals surface area contributed by atoms with Gasteiger partial charge in [0.15, 0.2) is 0 Å². The van der Waals surface area contributed by atoms with Crippen LogP contribution in [0.3, 0.4) is 0 Å². The summed E-state index contributed by atoms with van der Waals surface area (Å²) in [5.41, 5.74) is 0. The highest BCUT2D eigenvalue weighted by molar-refractivity contribution is 5.97. The number of esters is 2. The number of cyclic esters (lactones) is 2. The fourth-order valence-electron chi connectivity index (χ4n) is 3.20. The van der Waals surface area contributed by atoms with E-state index in [1.807, 2.05) is 0 Å². The standard InChI is InChI=1S/C9H10O3/c10-8-6-4-1-2-5(3-4)7(6)9(11)12-8/h4-7H,1-3H2/t4-,5+,6-,7-/m1/s1. The zero-order valence-electron chi connectivity index (χ0n) is 6.66. The summed E-state index contributed by atoms with van der Waals surface area (Å²) in [5.74, 6) is 0.291. The highest BCUT2D eigenvalue weighted by Crippen LogP contribution is 2.55. The predicted molar refractivity (Wildman–Crippen MR) is 38.9 cm³/mol. The minimum absolute atomic E-state index is 0.0590. The summed E-state index contributed by atoms with van der Waals surface area (Å²) in [6.07, 6.45) is 3.32. The lowest BCUT2D eigenvalue weighted by atomic mass is 9.81. The van der Waals surface area contributed by atoms with Gasteiger partial charge in [-0.05, 0) is 31.1 Å². The molecule has 3 nitrogen and oxygen atoms in total. The van der Waals surface area contributed by atoms with Gasteiger partial charge in [-0.3, -0.25) is 9.59 Å². The normalized spacial score (nSPS) is 49.7. The third-order valence-electron chi connectivity index (χ3n) is 3.66. The van der Waals surface area contributed by atoms with Crippen molar-refractivity contribution in [2.75, 3.05) is 0 Å². The SMILES string of the molecule is O=C1OC(=O)[C@@H]2[C@H]3CC[C@H](C3)[C@@H]12. The smallest absolute Gasteiger partial charge is 0.317 e. The first kappa shape index (κ1) is 6.63. The van der Waals surface area contributed by atoms with Gasteiger partial charge >= 0.3 is 11.9 Å². The zero-order chi connectivity index (χ0) is 8.29. The molecular formula is C9H10O3. The maximum atomic E-state index is 11.2. The first-order valence-electron chi connectivity index (χ1n) is 4.53. The van der Waals surface area contributed by atoms with E-state index >= 15 is 0 Å². The number of rotatable bonds is 0. The topological polar surface area (TPSA) is 43.4 Å². The second-order valence-corrected chi connectivity index (χ2v) is 4.12. The highest BCUT2D eigenvalue weighted by Gasteiger charge is 2.59. The van der Waals surface area contributed by atoms with E-state index in [9.17, 15) is 9.59 Å². The average molecular weight is 166 g/mol. The van der Waals surface area contributed by atoms with Crippen LogP contribution in [0.2, 0.25) is 0 Å². The van der Waals surface area contributed by atoms with Gasteiger partial charge in [-0.25, -0.2) is 0 Å². The molecule has 1 saturated heterocycles.